The minimum absolute atomic E-state index is 0.145. The maximum atomic E-state index is 10.8. The van der Waals surface area contributed by atoms with Gasteiger partial charge in [0.25, 0.3) is 0 Å². The molecule has 0 saturated carbocycles. The van der Waals surface area contributed by atoms with Gasteiger partial charge in [-0.05, 0) is 12.8 Å². The fourth-order valence-corrected chi connectivity index (χ4v) is 1.37. The lowest BCUT2D eigenvalue weighted by Crippen LogP contribution is -2.26. The Labute approximate surface area is 82.0 Å². The van der Waals surface area contributed by atoms with Gasteiger partial charge in [-0.3, -0.25) is 9.59 Å². The molecule has 2 atom stereocenters. The van der Waals surface area contributed by atoms with Crippen LogP contribution < -0.4 is 0 Å². The molecule has 1 heterocycles. The van der Waals surface area contributed by atoms with Crippen molar-refractivity contribution in [2.24, 2.45) is 0 Å². The molecule has 14 heavy (non-hydrogen) atoms. The van der Waals surface area contributed by atoms with Crippen molar-refractivity contribution in [1.82, 2.24) is 0 Å². The Balaban J connectivity index is 2.24. The zero-order chi connectivity index (χ0) is 10.6. The Hall–Kier alpha value is -1.10. The fraction of sp³-hybridized carbons (Fsp3) is 0.778. The van der Waals surface area contributed by atoms with Crippen molar-refractivity contribution in [2.45, 2.75) is 37.9 Å². The molecule has 1 N–H and O–H groups in total. The van der Waals surface area contributed by atoms with E-state index in [0.717, 1.165) is 0 Å². The maximum Gasteiger partial charge on any atom is 0.306 e. The van der Waals surface area contributed by atoms with Crippen LogP contribution >= 0.6 is 0 Å². The first kappa shape index (κ1) is 11.0. The lowest BCUT2D eigenvalue weighted by atomic mass is 10.1. The van der Waals surface area contributed by atoms with E-state index < -0.39 is 12.2 Å². The summed E-state index contributed by atoms with van der Waals surface area (Å²) in [4.78, 5) is 21.5. The first-order chi connectivity index (χ1) is 6.63. The molecule has 0 aromatic carbocycles. The predicted molar refractivity (Wildman–Crippen MR) is 46.4 cm³/mol. The van der Waals surface area contributed by atoms with Gasteiger partial charge in [0.15, 0.2) is 0 Å². The molecule has 0 aromatic rings. The van der Waals surface area contributed by atoms with E-state index in [0.29, 0.717) is 12.8 Å². The lowest BCUT2D eigenvalue weighted by molar-refractivity contribution is -0.146. The Morgan fingerprint density at radius 3 is 3.00 bits per heavy atom. The molecule has 1 aliphatic rings. The van der Waals surface area contributed by atoms with Crippen LogP contribution in [0.4, 0.5) is 0 Å². The van der Waals surface area contributed by atoms with Crippen molar-refractivity contribution in [3.63, 3.8) is 0 Å². The molecule has 0 amide bonds. The molecule has 0 spiro atoms. The summed E-state index contributed by atoms with van der Waals surface area (Å²) >= 11 is 0. The summed E-state index contributed by atoms with van der Waals surface area (Å²) in [6.07, 6.45) is 0.0741. The number of hydrogen-bond acceptors (Lipinski definition) is 5. The van der Waals surface area contributed by atoms with Crippen LogP contribution in [0.15, 0.2) is 0 Å². The highest BCUT2D eigenvalue weighted by molar-refractivity contribution is 5.71. The summed E-state index contributed by atoms with van der Waals surface area (Å²) in [7, 11) is 1.30. The highest BCUT2D eigenvalue weighted by atomic mass is 16.6. The second kappa shape index (κ2) is 4.95. The zero-order valence-corrected chi connectivity index (χ0v) is 8.06. The summed E-state index contributed by atoms with van der Waals surface area (Å²) in [5.41, 5.74) is 0. The minimum atomic E-state index is -0.763. The van der Waals surface area contributed by atoms with Gasteiger partial charge in [0, 0.05) is 12.8 Å². The number of aliphatic hydroxyl groups is 1. The second-order valence-electron chi connectivity index (χ2n) is 3.25. The minimum Gasteiger partial charge on any atom is -0.469 e. The Kier molecular flexibility index (Phi) is 3.88. The van der Waals surface area contributed by atoms with Crippen LogP contribution in [-0.4, -0.2) is 36.4 Å². The zero-order valence-electron chi connectivity index (χ0n) is 8.06. The smallest absolute Gasteiger partial charge is 0.306 e. The van der Waals surface area contributed by atoms with Crippen molar-refractivity contribution in [3.05, 3.63) is 0 Å². The molecule has 5 heteroatoms. The van der Waals surface area contributed by atoms with E-state index >= 15 is 0 Å². The van der Waals surface area contributed by atoms with Gasteiger partial charge in [-0.1, -0.05) is 0 Å². The summed E-state index contributed by atoms with van der Waals surface area (Å²) in [5, 5.41) is 9.53. The maximum absolute atomic E-state index is 10.8. The summed E-state index contributed by atoms with van der Waals surface area (Å²) in [6, 6.07) is 0. The molecular formula is C9H14O5. The van der Waals surface area contributed by atoms with Crippen molar-refractivity contribution >= 4 is 11.9 Å². The van der Waals surface area contributed by atoms with Crippen molar-refractivity contribution in [3.8, 4) is 0 Å². The van der Waals surface area contributed by atoms with Gasteiger partial charge in [-0.25, -0.2) is 0 Å². The fourth-order valence-electron chi connectivity index (χ4n) is 1.37. The Morgan fingerprint density at radius 1 is 1.79 bits per heavy atom. The topological polar surface area (TPSA) is 72.8 Å². The van der Waals surface area contributed by atoms with Gasteiger partial charge in [-0.2, -0.15) is 0 Å². The molecule has 1 rings (SSSR count). The van der Waals surface area contributed by atoms with Crippen molar-refractivity contribution in [2.75, 3.05) is 7.11 Å². The van der Waals surface area contributed by atoms with E-state index in [4.69, 9.17) is 4.74 Å². The monoisotopic (exact) mass is 202 g/mol. The van der Waals surface area contributed by atoms with Gasteiger partial charge in [0.05, 0.1) is 13.2 Å². The standard InChI is InChI=1S/C9H14O5/c1-13-8(11)4-2-6(10)7-3-5-9(12)14-7/h6-7,10H,2-5H2,1H3. The number of aliphatic hydroxyl groups excluding tert-OH is 1. The summed E-state index contributed by atoms with van der Waals surface area (Å²) in [6.45, 7) is 0. The van der Waals surface area contributed by atoms with Crippen LogP contribution in [0.25, 0.3) is 0 Å². The number of methoxy groups -OCH3 is 1. The molecule has 1 fully saturated rings. The van der Waals surface area contributed by atoms with E-state index in [9.17, 15) is 14.7 Å². The third kappa shape index (κ3) is 2.99. The summed E-state index contributed by atoms with van der Waals surface area (Å²) < 4.78 is 9.27. The van der Waals surface area contributed by atoms with Gasteiger partial charge in [0.2, 0.25) is 0 Å². The third-order valence-electron chi connectivity index (χ3n) is 2.22. The van der Waals surface area contributed by atoms with Crippen LogP contribution in [-0.2, 0) is 19.1 Å². The molecule has 0 bridgehead atoms. The Bertz CT molecular complexity index is 225. The number of ether oxygens (including phenoxy) is 2. The third-order valence-corrected chi connectivity index (χ3v) is 2.22. The van der Waals surface area contributed by atoms with Crippen molar-refractivity contribution < 1.29 is 24.2 Å². The van der Waals surface area contributed by atoms with E-state index in [2.05, 4.69) is 4.74 Å². The quantitative estimate of drug-likeness (QED) is 0.650. The highest BCUT2D eigenvalue weighted by Gasteiger charge is 2.29. The van der Waals surface area contributed by atoms with Crippen LogP contribution in [0.5, 0.6) is 0 Å². The normalized spacial score (nSPS) is 23.0. The number of rotatable bonds is 4. The molecule has 80 valence electrons. The molecular weight excluding hydrogens is 188 g/mol. The van der Waals surface area contributed by atoms with Gasteiger partial charge in [0.1, 0.15) is 6.10 Å². The van der Waals surface area contributed by atoms with E-state index in [1.807, 2.05) is 0 Å². The summed E-state index contributed by atoms with van der Waals surface area (Å²) in [5.74, 6) is -0.652. The highest BCUT2D eigenvalue weighted by Crippen LogP contribution is 2.19. The van der Waals surface area contributed by atoms with Crippen LogP contribution in [0.1, 0.15) is 25.7 Å². The van der Waals surface area contributed by atoms with Gasteiger partial charge >= 0.3 is 11.9 Å². The van der Waals surface area contributed by atoms with Gasteiger partial charge < -0.3 is 14.6 Å². The number of cyclic esters (lactones) is 1. The molecule has 0 radical (unpaired) electrons. The van der Waals surface area contributed by atoms with Gasteiger partial charge in [-0.15, -0.1) is 0 Å². The van der Waals surface area contributed by atoms with E-state index in [1.165, 1.54) is 7.11 Å². The number of carbonyl (C=O) groups is 2. The van der Waals surface area contributed by atoms with Crippen LogP contribution in [0, 0.1) is 0 Å². The Morgan fingerprint density at radius 2 is 2.50 bits per heavy atom. The molecule has 1 saturated heterocycles. The molecule has 0 aliphatic carbocycles. The molecule has 2 unspecified atom stereocenters. The molecule has 5 nitrogen and oxygen atoms in total. The average molecular weight is 202 g/mol. The molecule has 1 aliphatic heterocycles. The lowest BCUT2D eigenvalue weighted by Gasteiger charge is -2.15. The van der Waals surface area contributed by atoms with Crippen LogP contribution in [0.2, 0.25) is 0 Å². The SMILES string of the molecule is COC(=O)CCC(O)C1CCC(=O)O1. The van der Waals surface area contributed by atoms with E-state index in [-0.39, 0.29) is 24.8 Å². The second-order valence-corrected chi connectivity index (χ2v) is 3.25. The number of hydrogen-bond donors (Lipinski definition) is 1. The van der Waals surface area contributed by atoms with Crippen molar-refractivity contribution in [1.29, 1.82) is 0 Å². The largest absolute Gasteiger partial charge is 0.469 e. The first-order valence-electron chi connectivity index (χ1n) is 4.58. The number of esters is 2. The first-order valence-corrected chi connectivity index (χ1v) is 4.58. The van der Waals surface area contributed by atoms with E-state index in [1.54, 1.807) is 0 Å². The number of carbonyl (C=O) groups excluding carboxylic acids is 2. The average Bonchev–Trinajstić information content (AvgIpc) is 2.60. The predicted octanol–water partition coefficient (Wildman–Crippen LogP) is 0.00610. The van der Waals surface area contributed by atoms with Crippen LogP contribution in [0.3, 0.4) is 0 Å². The molecule has 0 aromatic heterocycles.